The molecule has 0 saturated carbocycles. The number of aldehydes is 1. The molecule has 1 unspecified atom stereocenters. The Balaban J connectivity index is 2.71. The molecular formula is C13H14O4. The minimum Gasteiger partial charge on any atom is -0.423 e. The predicted molar refractivity (Wildman–Crippen MR) is 62.7 cm³/mol. The van der Waals surface area contributed by atoms with E-state index in [1.165, 1.54) is 6.92 Å². The molecule has 4 nitrogen and oxygen atoms in total. The number of carbonyl (C=O) groups is 2. The minimum absolute atomic E-state index is 0.214. The van der Waals surface area contributed by atoms with Gasteiger partial charge < -0.3 is 14.6 Å². The third-order valence-electron chi connectivity index (χ3n) is 2.12. The summed E-state index contributed by atoms with van der Waals surface area (Å²) < 4.78 is 4.89. The Morgan fingerprint density at radius 1 is 1.47 bits per heavy atom. The van der Waals surface area contributed by atoms with Crippen LogP contribution in [0.2, 0.25) is 0 Å². The average Bonchev–Trinajstić information content (AvgIpc) is 2.31. The van der Waals surface area contributed by atoms with E-state index in [2.05, 4.69) is 6.58 Å². The van der Waals surface area contributed by atoms with Gasteiger partial charge in [0, 0.05) is 12.5 Å². The molecule has 0 fully saturated rings. The van der Waals surface area contributed by atoms with E-state index >= 15 is 0 Å². The lowest BCUT2D eigenvalue weighted by Gasteiger charge is -2.15. The highest BCUT2D eigenvalue weighted by molar-refractivity contribution is 5.83. The molecule has 90 valence electrons. The maximum Gasteiger partial charge on any atom is 0.335 e. The number of hydrogen-bond donors (Lipinski definition) is 1. The van der Waals surface area contributed by atoms with E-state index in [1.54, 1.807) is 24.3 Å². The Hall–Kier alpha value is -1.94. The second-order valence-corrected chi connectivity index (χ2v) is 3.92. The second kappa shape index (κ2) is 5.41. The van der Waals surface area contributed by atoms with Gasteiger partial charge in [-0.2, -0.15) is 0 Å². The molecule has 0 aliphatic heterocycles. The molecule has 0 amide bonds. The molecular weight excluding hydrogens is 220 g/mol. The summed E-state index contributed by atoms with van der Waals surface area (Å²) in [5, 5.41) is 9.56. The second-order valence-electron chi connectivity index (χ2n) is 3.92. The van der Waals surface area contributed by atoms with Crippen LogP contribution >= 0.6 is 0 Å². The number of carbonyl (C=O) groups excluding carboxylic acids is 2. The van der Waals surface area contributed by atoms with Gasteiger partial charge in [0.2, 0.25) is 0 Å². The summed E-state index contributed by atoms with van der Waals surface area (Å²) in [6.07, 6.45) is 1.79. The van der Waals surface area contributed by atoms with E-state index in [4.69, 9.17) is 4.74 Å². The molecule has 17 heavy (non-hydrogen) atoms. The maximum atomic E-state index is 10.9. The van der Waals surface area contributed by atoms with Crippen molar-refractivity contribution in [1.82, 2.24) is 0 Å². The molecule has 0 bridgehead atoms. The number of esters is 1. The van der Waals surface area contributed by atoms with Crippen LogP contribution in [0.4, 0.5) is 0 Å². The maximum absolute atomic E-state index is 10.9. The van der Waals surface area contributed by atoms with Crippen LogP contribution in [0.25, 0.3) is 0 Å². The molecule has 1 rings (SSSR count). The van der Waals surface area contributed by atoms with E-state index < -0.39 is 11.6 Å². The van der Waals surface area contributed by atoms with Crippen molar-refractivity contribution in [3.05, 3.63) is 42.5 Å². The number of rotatable bonds is 5. The van der Waals surface area contributed by atoms with Gasteiger partial charge in [0.25, 0.3) is 0 Å². The fourth-order valence-electron chi connectivity index (χ4n) is 1.29. The van der Waals surface area contributed by atoms with Crippen molar-refractivity contribution in [2.45, 2.75) is 18.9 Å². The first-order valence-corrected chi connectivity index (χ1v) is 5.09. The van der Waals surface area contributed by atoms with Crippen LogP contribution in [0.3, 0.4) is 0 Å². The van der Waals surface area contributed by atoms with Gasteiger partial charge in [-0.3, -0.25) is 0 Å². The van der Waals surface area contributed by atoms with Crippen molar-refractivity contribution in [2.75, 3.05) is 0 Å². The monoisotopic (exact) mass is 234 g/mol. The van der Waals surface area contributed by atoms with E-state index in [0.29, 0.717) is 12.0 Å². The molecule has 0 aliphatic rings. The average molecular weight is 234 g/mol. The van der Waals surface area contributed by atoms with Gasteiger partial charge in [0.05, 0.1) is 0 Å². The summed E-state index contributed by atoms with van der Waals surface area (Å²) in [5.41, 5.74) is -0.597. The Bertz CT molecular complexity index is 418. The highest BCUT2D eigenvalue weighted by atomic mass is 16.5. The van der Waals surface area contributed by atoms with Crippen LogP contribution in [0, 0.1) is 0 Å². The molecule has 1 aromatic rings. The quantitative estimate of drug-likeness (QED) is 0.360. The topological polar surface area (TPSA) is 63.6 Å². The van der Waals surface area contributed by atoms with Crippen LogP contribution < -0.4 is 4.74 Å². The highest BCUT2D eigenvalue weighted by Gasteiger charge is 2.19. The predicted octanol–water partition coefficient (Wildman–Crippen LogP) is 1.27. The summed E-state index contributed by atoms with van der Waals surface area (Å²) >= 11 is 0. The summed E-state index contributed by atoms with van der Waals surface area (Å²) in [6, 6.07) is 6.56. The zero-order chi connectivity index (χ0) is 12.9. The first-order chi connectivity index (χ1) is 7.96. The Kier molecular flexibility index (Phi) is 4.17. The van der Waals surface area contributed by atoms with Gasteiger partial charge in [-0.05, 0) is 24.6 Å². The zero-order valence-corrected chi connectivity index (χ0v) is 9.55. The van der Waals surface area contributed by atoms with Gasteiger partial charge >= 0.3 is 5.97 Å². The van der Waals surface area contributed by atoms with Gasteiger partial charge in [-0.1, -0.05) is 18.7 Å². The summed E-state index contributed by atoms with van der Waals surface area (Å²) in [4.78, 5) is 21.5. The lowest BCUT2D eigenvalue weighted by atomic mass is 9.98. The largest absolute Gasteiger partial charge is 0.423 e. The standard InChI is InChI=1S/C13H14O4/c1-3-12(15)17-11-6-4-10(5-7-11)8-13(2,16)9-14/h3-7,9,16H,1,8H2,2H3. The van der Waals surface area contributed by atoms with E-state index in [9.17, 15) is 14.7 Å². The molecule has 0 saturated heterocycles. The van der Waals surface area contributed by atoms with Gasteiger partial charge in [-0.25, -0.2) is 4.79 Å². The Morgan fingerprint density at radius 3 is 2.53 bits per heavy atom. The molecule has 1 atom stereocenters. The van der Waals surface area contributed by atoms with Crippen molar-refractivity contribution >= 4 is 12.3 Å². The molecule has 1 aromatic carbocycles. The van der Waals surface area contributed by atoms with Crippen molar-refractivity contribution in [3.8, 4) is 5.75 Å². The molecule has 0 heterocycles. The van der Waals surface area contributed by atoms with Crippen LogP contribution in [-0.2, 0) is 16.0 Å². The van der Waals surface area contributed by atoms with Crippen LogP contribution in [-0.4, -0.2) is 23.0 Å². The third-order valence-corrected chi connectivity index (χ3v) is 2.12. The first-order valence-electron chi connectivity index (χ1n) is 5.09. The number of benzene rings is 1. The molecule has 0 aromatic heterocycles. The molecule has 0 aliphatic carbocycles. The fourth-order valence-corrected chi connectivity index (χ4v) is 1.29. The first kappa shape index (κ1) is 13.1. The molecule has 4 heteroatoms. The van der Waals surface area contributed by atoms with Gasteiger partial charge in [0.1, 0.15) is 11.4 Å². The summed E-state index contributed by atoms with van der Waals surface area (Å²) in [6.45, 7) is 4.72. The minimum atomic E-state index is -1.38. The molecule has 0 spiro atoms. The van der Waals surface area contributed by atoms with Crippen LogP contribution in [0.15, 0.2) is 36.9 Å². The molecule has 0 radical (unpaired) electrons. The van der Waals surface area contributed by atoms with Crippen molar-refractivity contribution < 1.29 is 19.4 Å². The smallest absolute Gasteiger partial charge is 0.335 e. The van der Waals surface area contributed by atoms with Gasteiger partial charge in [-0.15, -0.1) is 0 Å². The van der Waals surface area contributed by atoms with E-state index in [-0.39, 0.29) is 6.42 Å². The number of ether oxygens (including phenoxy) is 1. The van der Waals surface area contributed by atoms with Crippen molar-refractivity contribution in [1.29, 1.82) is 0 Å². The highest BCUT2D eigenvalue weighted by Crippen LogP contribution is 2.16. The normalized spacial score (nSPS) is 13.5. The Labute approximate surface area is 99.5 Å². The van der Waals surface area contributed by atoms with Crippen molar-refractivity contribution in [3.63, 3.8) is 0 Å². The summed E-state index contributed by atoms with van der Waals surface area (Å²) in [5.74, 6) is -0.137. The van der Waals surface area contributed by atoms with Crippen molar-refractivity contribution in [2.24, 2.45) is 0 Å². The van der Waals surface area contributed by atoms with Crippen LogP contribution in [0.1, 0.15) is 12.5 Å². The SMILES string of the molecule is C=CC(=O)Oc1ccc(CC(C)(O)C=O)cc1. The zero-order valence-electron chi connectivity index (χ0n) is 9.55. The fraction of sp³-hybridized carbons (Fsp3) is 0.231. The number of hydrogen-bond acceptors (Lipinski definition) is 4. The molecule has 1 N–H and O–H groups in total. The lowest BCUT2D eigenvalue weighted by Crippen LogP contribution is -2.28. The lowest BCUT2D eigenvalue weighted by molar-refractivity contribution is -0.129. The van der Waals surface area contributed by atoms with E-state index in [0.717, 1.165) is 11.6 Å². The third kappa shape index (κ3) is 4.20. The Morgan fingerprint density at radius 2 is 2.06 bits per heavy atom. The van der Waals surface area contributed by atoms with Gasteiger partial charge in [0.15, 0.2) is 6.29 Å². The van der Waals surface area contributed by atoms with Crippen LogP contribution in [0.5, 0.6) is 5.75 Å². The number of aliphatic hydroxyl groups is 1. The van der Waals surface area contributed by atoms with E-state index in [1.807, 2.05) is 0 Å². The summed E-state index contributed by atoms with van der Waals surface area (Å²) in [7, 11) is 0.